The van der Waals surface area contributed by atoms with Crippen molar-refractivity contribution in [2.75, 3.05) is 13.1 Å². The van der Waals surface area contributed by atoms with Crippen molar-refractivity contribution in [3.8, 4) is 6.07 Å². The van der Waals surface area contributed by atoms with E-state index < -0.39 is 0 Å². The Kier molecular flexibility index (Phi) is 4.58. The maximum absolute atomic E-state index is 11.5. The van der Waals surface area contributed by atoms with Crippen molar-refractivity contribution in [2.24, 2.45) is 5.92 Å². The second-order valence-electron chi connectivity index (χ2n) is 4.92. The van der Waals surface area contributed by atoms with Gasteiger partial charge in [0.15, 0.2) is 0 Å². The van der Waals surface area contributed by atoms with Gasteiger partial charge < -0.3 is 15.2 Å². The summed E-state index contributed by atoms with van der Waals surface area (Å²) in [6, 6.07) is 4.38. The van der Waals surface area contributed by atoms with Crippen LogP contribution in [0, 0.1) is 17.2 Å². The summed E-state index contributed by atoms with van der Waals surface area (Å²) in [5.41, 5.74) is 1.25. The fraction of sp³-hybridized carbons (Fsp3) is 0.571. The molecule has 0 saturated heterocycles. The number of hydrogen-bond acceptors (Lipinski definition) is 3. The molecule has 102 valence electrons. The zero-order valence-corrected chi connectivity index (χ0v) is 11.2. The van der Waals surface area contributed by atoms with E-state index in [1.54, 1.807) is 0 Å². The number of amides is 1. The Morgan fingerprint density at radius 1 is 1.63 bits per heavy atom. The number of carbonyl (C=O) groups excluding carboxylic acids is 1. The summed E-state index contributed by atoms with van der Waals surface area (Å²) in [7, 11) is 0. The molecule has 0 aliphatic heterocycles. The van der Waals surface area contributed by atoms with Gasteiger partial charge in [-0.25, -0.2) is 0 Å². The minimum atomic E-state index is -0.130. The van der Waals surface area contributed by atoms with Crippen LogP contribution in [0.4, 0.5) is 0 Å². The molecule has 2 rings (SSSR count). The highest BCUT2D eigenvalue weighted by atomic mass is 16.1. The summed E-state index contributed by atoms with van der Waals surface area (Å²) < 4.78 is 1.87. The molecule has 1 fully saturated rings. The van der Waals surface area contributed by atoms with E-state index in [4.69, 9.17) is 5.26 Å². The average Bonchev–Trinajstić information content (AvgIpc) is 3.14. The molecule has 1 aromatic heterocycles. The second kappa shape index (κ2) is 6.39. The number of nitriles is 1. The van der Waals surface area contributed by atoms with Crippen LogP contribution in [0.15, 0.2) is 18.5 Å². The van der Waals surface area contributed by atoms with Crippen LogP contribution in [0.3, 0.4) is 0 Å². The first-order chi connectivity index (χ1) is 9.24. The SMILES string of the molecule is CCNC(c1ccn(CC(=O)NCC#N)c1)C1CC1. The molecule has 1 heterocycles. The Bertz CT molecular complexity index is 470. The van der Waals surface area contributed by atoms with Crippen LogP contribution >= 0.6 is 0 Å². The number of hydrogen-bond donors (Lipinski definition) is 2. The molecule has 19 heavy (non-hydrogen) atoms. The quantitative estimate of drug-likeness (QED) is 0.723. The highest BCUT2D eigenvalue weighted by Gasteiger charge is 2.32. The first kappa shape index (κ1) is 13.6. The number of nitrogens with one attached hydrogen (secondary N) is 2. The highest BCUT2D eigenvalue weighted by molar-refractivity contribution is 5.75. The van der Waals surface area contributed by atoms with Crippen molar-refractivity contribution in [3.63, 3.8) is 0 Å². The van der Waals surface area contributed by atoms with Gasteiger partial charge >= 0.3 is 0 Å². The molecule has 1 saturated carbocycles. The third-order valence-electron chi connectivity index (χ3n) is 3.34. The Hall–Kier alpha value is -1.80. The summed E-state index contributed by atoms with van der Waals surface area (Å²) in [6.45, 7) is 3.40. The maximum Gasteiger partial charge on any atom is 0.240 e. The minimum absolute atomic E-state index is 0.0645. The molecule has 1 amide bonds. The van der Waals surface area contributed by atoms with Gasteiger partial charge in [-0.3, -0.25) is 4.79 Å². The zero-order chi connectivity index (χ0) is 13.7. The van der Waals surface area contributed by atoms with Crippen LogP contribution in [-0.4, -0.2) is 23.6 Å². The summed E-state index contributed by atoms with van der Waals surface area (Å²) in [5, 5.41) is 14.5. The lowest BCUT2D eigenvalue weighted by molar-refractivity contribution is -0.121. The van der Waals surface area contributed by atoms with E-state index in [9.17, 15) is 4.79 Å². The van der Waals surface area contributed by atoms with Crippen molar-refractivity contribution in [2.45, 2.75) is 32.4 Å². The van der Waals surface area contributed by atoms with Crippen LogP contribution in [0.2, 0.25) is 0 Å². The summed E-state index contributed by atoms with van der Waals surface area (Å²) >= 11 is 0. The number of aromatic nitrogens is 1. The van der Waals surface area contributed by atoms with Crippen LogP contribution in [-0.2, 0) is 11.3 Å². The van der Waals surface area contributed by atoms with Crippen molar-refractivity contribution < 1.29 is 4.79 Å². The van der Waals surface area contributed by atoms with Crippen molar-refractivity contribution in [1.29, 1.82) is 5.26 Å². The molecule has 0 radical (unpaired) electrons. The fourth-order valence-corrected chi connectivity index (χ4v) is 2.31. The number of nitrogens with zero attached hydrogens (tertiary/aromatic N) is 2. The second-order valence-corrected chi connectivity index (χ2v) is 4.92. The predicted molar refractivity (Wildman–Crippen MR) is 72.2 cm³/mol. The summed E-state index contributed by atoms with van der Waals surface area (Å²) in [6.07, 6.45) is 6.52. The first-order valence-electron chi connectivity index (χ1n) is 6.77. The Labute approximate surface area is 113 Å². The van der Waals surface area contributed by atoms with Gasteiger partial charge in [0.05, 0.1) is 6.07 Å². The molecule has 1 unspecified atom stereocenters. The van der Waals surface area contributed by atoms with Gasteiger partial charge in [-0.2, -0.15) is 5.26 Å². The lowest BCUT2D eigenvalue weighted by atomic mass is 10.1. The molecule has 5 nitrogen and oxygen atoms in total. The molecule has 1 aliphatic carbocycles. The van der Waals surface area contributed by atoms with E-state index in [1.807, 2.05) is 23.0 Å². The van der Waals surface area contributed by atoms with Crippen LogP contribution < -0.4 is 10.6 Å². The molecule has 2 N–H and O–H groups in total. The van der Waals surface area contributed by atoms with Crippen LogP contribution in [0.25, 0.3) is 0 Å². The molecule has 5 heteroatoms. The third kappa shape index (κ3) is 3.83. The van der Waals surface area contributed by atoms with Gasteiger partial charge in [0.2, 0.25) is 5.91 Å². The van der Waals surface area contributed by atoms with E-state index in [2.05, 4.69) is 23.6 Å². The smallest absolute Gasteiger partial charge is 0.240 e. The molecule has 0 bridgehead atoms. The first-order valence-corrected chi connectivity index (χ1v) is 6.77. The molecule has 1 aliphatic rings. The molecule has 1 atom stereocenters. The fourth-order valence-electron chi connectivity index (χ4n) is 2.31. The number of carbonyl (C=O) groups is 1. The van der Waals surface area contributed by atoms with Crippen LogP contribution in [0.1, 0.15) is 31.4 Å². The molecular weight excluding hydrogens is 240 g/mol. The molecule has 0 spiro atoms. The minimum Gasteiger partial charge on any atom is -0.345 e. The predicted octanol–water partition coefficient (Wildman–Crippen LogP) is 1.19. The normalized spacial score (nSPS) is 15.8. The van der Waals surface area contributed by atoms with Gasteiger partial charge in [0, 0.05) is 18.4 Å². The maximum atomic E-state index is 11.5. The van der Waals surface area contributed by atoms with Gasteiger partial charge in [-0.15, -0.1) is 0 Å². The highest BCUT2D eigenvalue weighted by Crippen LogP contribution is 2.40. The molecule has 1 aromatic rings. The third-order valence-corrected chi connectivity index (χ3v) is 3.34. The summed E-state index contributed by atoms with van der Waals surface area (Å²) in [4.78, 5) is 11.5. The Morgan fingerprint density at radius 2 is 2.42 bits per heavy atom. The van der Waals surface area contributed by atoms with Gasteiger partial charge in [0.1, 0.15) is 13.1 Å². The van der Waals surface area contributed by atoms with Gasteiger partial charge in [-0.1, -0.05) is 6.92 Å². The topological polar surface area (TPSA) is 69.8 Å². The standard InChI is InChI=1S/C14H20N4O/c1-2-16-14(11-3-4-11)12-5-8-18(9-12)10-13(19)17-7-6-15/h5,8-9,11,14,16H,2-4,7,10H2,1H3,(H,17,19). The van der Waals surface area contributed by atoms with E-state index in [0.29, 0.717) is 6.04 Å². The largest absolute Gasteiger partial charge is 0.345 e. The Balaban J connectivity index is 1.94. The van der Waals surface area contributed by atoms with Gasteiger partial charge in [-0.05, 0) is 36.9 Å². The van der Waals surface area contributed by atoms with E-state index in [-0.39, 0.29) is 19.0 Å². The van der Waals surface area contributed by atoms with E-state index in [0.717, 1.165) is 12.5 Å². The number of rotatable bonds is 7. The average molecular weight is 260 g/mol. The van der Waals surface area contributed by atoms with Gasteiger partial charge in [0.25, 0.3) is 0 Å². The van der Waals surface area contributed by atoms with Crippen molar-refractivity contribution >= 4 is 5.91 Å². The monoisotopic (exact) mass is 260 g/mol. The van der Waals surface area contributed by atoms with E-state index in [1.165, 1.54) is 18.4 Å². The molecular formula is C14H20N4O. The Morgan fingerprint density at radius 3 is 3.05 bits per heavy atom. The van der Waals surface area contributed by atoms with Crippen molar-refractivity contribution in [1.82, 2.24) is 15.2 Å². The molecule has 0 aromatic carbocycles. The zero-order valence-electron chi connectivity index (χ0n) is 11.2. The lowest BCUT2D eigenvalue weighted by Crippen LogP contribution is -2.27. The van der Waals surface area contributed by atoms with Crippen molar-refractivity contribution in [3.05, 3.63) is 24.0 Å². The van der Waals surface area contributed by atoms with E-state index >= 15 is 0 Å². The lowest BCUT2D eigenvalue weighted by Gasteiger charge is -2.15. The van der Waals surface area contributed by atoms with Crippen LogP contribution in [0.5, 0.6) is 0 Å². The summed E-state index contributed by atoms with van der Waals surface area (Å²) in [5.74, 6) is 0.610.